The lowest BCUT2D eigenvalue weighted by molar-refractivity contribution is -0.119. The monoisotopic (exact) mass is 344 g/mol. The van der Waals surface area contributed by atoms with Crippen molar-refractivity contribution in [2.45, 2.75) is 38.8 Å². The fourth-order valence-electron chi connectivity index (χ4n) is 2.24. The number of nitrogens with zero attached hydrogens (tertiary/aromatic N) is 1. The summed E-state index contributed by atoms with van der Waals surface area (Å²) >= 11 is 1.59. The lowest BCUT2D eigenvalue weighted by atomic mass is 10.2. The zero-order chi connectivity index (χ0) is 16.9. The van der Waals surface area contributed by atoms with Crippen LogP contribution in [-0.4, -0.2) is 16.9 Å². The second-order valence-corrected chi connectivity index (χ2v) is 6.80. The Bertz CT molecular complexity index is 722. The molecule has 3 amide bonds. The Labute approximate surface area is 144 Å². The Balaban J connectivity index is 1.44. The molecule has 24 heavy (non-hydrogen) atoms. The van der Waals surface area contributed by atoms with Crippen LogP contribution < -0.4 is 16.0 Å². The van der Waals surface area contributed by atoms with Crippen LogP contribution in [0.25, 0.3) is 0 Å². The Kier molecular flexibility index (Phi) is 5.10. The van der Waals surface area contributed by atoms with Gasteiger partial charge in [0.25, 0.3) is 0 Å². The van der Waals surface area contributed by atoms with Crippen molar-refractivity contribution in [2.75, 3.05) is 5.32 Å². The van der Waals surface area contributed by atoms with Gasteiger partial charge in [-0.3, -0.25) is 4.79 Å². The minimum absolute atomic E-state index is 0.0661. The van der Waals surface area contributed by atoms with Crippen LogP contribution in [0.15, 0.2) is 29.6 Å². The number of aromatic nitrogens is 1. The molecule has 0 unspecified atom stereocenters. The molecule has 7 heteroatoms. The number of thiazole rings is 1. The van der Waals surface area contributed by atoms with Gasteiger partial charge in [-0.25, -0.2) is 9.78 Å². The summed E-state index contributed by atoms with van der Waals surface area (Å²) in [7, 11) is 0. The maximum atomic E-state index is 11.9. The van der Waals surface area contributed by atoms with E-state index in [2.05, 4.69) is 26.3 Å². The second-order valence-electron chi connectivity index (χ2n) is 5.85. The molecule has 0 radical (unpaired) electrons. The van der Waals surface area contributed by atoms with Gasteiger partial charge in [0.1, 0.15) is 5.01 Å². The summed E-state index contributed by atoms with van der Waals surface area (Å²) < 4.78 is 0. The van der Waals surface area contributed by atoms with E-state index in [1.165, 1.54) is 19.8 Å². The summed E-state index contributed by atoms with van der Waals surface area (Å²) in [5, 5.41) is 11.3. The zero-order valence-electron chi connectivity index (χ0n) is 13.5. The molecule has 2 aromatic rings. The van der Waals surface area contributed by atoms with E-state index in [1.54, 1.807) is 11.3 Å². The lowest BCUT2D eigenvalue weighted by Crippen LogP contribution is -2.28. The van der Waals surface area contributed by atoms with Gasteiger partial charge in [0, 0.05) is 30.5 Å². The van der Waals surface area contributed by atoms with Crippen LogP contribution in [0.3, 0.4) is 0 Å². The smallest absolute Gasteiger partial charge is 0.319 e. The molecule has 1 saturated carbocycles. The first-order valence-corrected chi connectivity index (χ1v) is 8.80. The van der Waals surface area contributed by atoms with Crippen molar-refractivity contribution < 1.29 is 9.59 Å². The van der Waals surface area contributed by atoms with Gasteiger partial charge >= 0.3 is 6.03 Å². The van der Waals surface area contributed by atoms with Gasteiger partial charge in [0.05, 0.1) is 12.2 Å². The van der Waals surface area contributed by atoms with Gasteiger partial charge in [-0.15, -0.1) is 11.3 Å². The van der Waals surface area contributed by atoms with Crippen LogP contribution in [-0.2, 0) is 17.9 Å². The number of benzene rings is 1. The Morgan fingerprint density at radius 2 is 1.92 bits per heavy atom. The fourth-order valence-corrected chi connectivity index (χ4v) is 3.05. The summed E-state index contributed by atoms with van der Waals surface area (Å²) in [5.41, 5.74) is 2.84. The molecule has 3 rings (SSSR count). The van der Waals surface area contributed by atoms with Crippen molar-refractivity contribution in [3.8, 4) is 0 Å². The van der Waals surface area contributed by atoms with Gasteiger partial charge in [0.2, 0.25) is 5.91 Å². The molecule has 1 aliphatic rings. The number of nitrogens with one attached hydrogen (secondary N) is 3. The van der Waals surface area contributed by atoms with Crippen LogP contribution in [0.5, 0.6) is 0 Å². The van der Waals surface area contributed by atoms with E-state index in [0.29, 0.717) is 24.7 Å². The number of hydrogen-bond acceptors (Lipinski definition) is 4. The van der Waals surface area contributed by atoms with Crippen molar-refractivity contribution in [1.82, 2.24) is 15.6 Å². The first kappa shape index (κ1) is 16.4. The van der Waals surface area contributed by atoms with Gasteiger partial charge in [0.15, 0.2) is 0 Å². The predicted octanol–water partition coefficient (Wildman–Crippen LogP) is 2.98. The van der Waals surface area contributed by atoms with Crippen molar-refractivity contribution in [3.05, 3.63) is 45.9 Å². The van der Waals surface area contributed by atoms with E-state index in [-0.39, 0.29) is 11.9 Å². The fraction of sp³-hybridized carbons (Fsp3) is 0.353. The summed E-state index contributed by atoms with van der Waals surface area (Å²) in [6.45, 7) is 2.40. The average molecular weight is 344 g/mol. The standard InChI is InChI=1S/C17H20N4O2S/c1-11(22)18-8-12-2-6-14(7-3-12)20-17(23)19-9-16-21-15(10-24-16)13-4-5-13/h2-3,6-7,10,13H,4-5,8-9H2,1H3,(H,18,22)(H2,19,20,23). The van der Waals surface area contributed by atoms with Crippen LogP contribution in [0.2, 0.25) is 0 Å². The summed E-state index contributed by atoms with van der Waals surface area (Å²) in [6, 6.07) is 7.10. The van der Waals surface area contributed by atoms with E-state index in [9.17, 15) is 9.59 Å². The maximum absolute atomic E-state index is 11.9. The van der Waals surface area contributed by atoms with Crippen molar-refractivity contribution in [2.24, 2.45) is 0 Å². The molecule has 1 heterocycles. The van der Waals surface area contributed by atoms with Gasteiger partial charge in [-0.2, -0.15) is 0 Å². The number of hydrogen-bond donors (Lipinski definition) is 3. The Hall–Kier alpha value is -2.41. The van der Waals surface area contributed by atoms with Crippen LogP contribution >= 0.6 is 11.3 Å². The van der Waals surface area contributed by atoms with Gasteiger partial charge < -0.3 is 16.0 Å². The van der Waals surface area contributed by atoms with Crippen molar-refractivity contribution in [3.63, 3.8) is 0 Å². The van der Waals surface area contributed by atoms with E-state index in [0.717, 1.165) is 16.3 Å². The minimum Gasteiger partial charge on any atom is -0.352 e. The first-order valence-electron chi connectivity index (χ1n) is 7.92. The molecule has 0 saturated heterocycles. The Morgan fingerprint density at radius 3 is 2.58 bits per heavy atom. The van der Waals surface area contributed by atoms with Crippen LogP contribution in [0.4, 0.5) is 10.5 Å². The number of carbonyl (C=O) groups is 2. The highest BCUT2D eigenvalue weighted by Crippen LogP contribution is 2.40. The van der Waals surface area contributed by atoms with E-state index < -0.39 is 0 Å². The van der Waals surface area contributed by atoms with Crippen molar-refractivity contribution in [1.29, 1.82) is 0 Å². The summed E-state index contributed by atoms with van der Waals surface area (Å²) in [4.78, 5) is 27.4. The topological polar surface area (TPSA) is 83.1 Å². The molecule has 1 aliphatic carbocycles. The van der Waals surface area contributed by atoms with Gasteiger partial charge in [-0.05, 0) is 30.5 Å². The molecule has 6 nitrogen and oxygen atoms in total. The third kappa shape index (κ3) is 4.79. The molecule has 0 bridgehead atoms. The van der Waals surface area contributed by atoms with Gasteiger partial charge in [-0.1, -0.05) is 12.1 Å². The molecule has 126 valence electrons. The number of amides is 3. The highest BCUT2D eigenvalue weighted by molar-refractivity contribution is 7.09. The third-order valence-corrected chi connectivity index (χ3v) is 4.59. The maximum Gasteiger partial charge on any atom is 0.319 e. The largest absolute Gasteiger partial charge is 0.352 e. The number of urea groups is 1. The molecule has 3 N–H and O–H groups in total. The number of anilines is 1. The van der Waals surface area contributed by atoms with E-state index in [1.807, 2.05) is 24.3 Å². The quantitative estimate of drug-likeness (QED) is 0.753. The average Bonchev–Trinajstić information content (AvgIpc) is 3.31. The molecule has 1 aromatic carbocycles. The molecular formula is C17H20N4O2S. The van der Waals surface area contributed by atoms with Crippen molar-refractivity contribution >= 4 is 29.0 Å². The number of carbonyl (C=O) groups excluding carboxylic acids is 2. The molecule has 1 fully saturated rings. The molecular weight excluding hydrogens is 324 g/mol. The minimum atomic E-state index is -0.257. The predicted molar refractivity (Wildman–Crippen MR) is 93.9 cm³/mol. The summed E-state index contributed by atoms with van der Waals surface area (Å²) in [6.07, 6.45) is 2.46. The lowest BCUT2D eigenvalue weighted by Gasteiger charge is -2.08. The van der Waals surface area contributed by atoms with Crippen LogP contribution in [0.1, 0.15) is 41.9 Å². The molecule has 0 atom stereocenters. The second kappa shape index (κ2) is 7.44. The SMILES string of the molecule is CC(=O)NCc1ccc(NC(=O)NCc2nc(C3CC3)cs2)cc1. The zero-order valence-corrected chi connectivity index (χ0v) is 14.3. The highest BCUT2D eigenvalue weighted by Gasteiger charge is 2.25. The normalized spacial score (nSPS) is 13.4. The molecule has 0 aliphatic heterocycles. The third-order valence-electron chi connectivity index (χ3n) is 3.72. The molecule has 1 aromatic heterocycles. The van der Waals surface area contributed by atoms with E-state index in [4.69, 9.17) is 0 Å². The van der Waals surface area contributed by atoms with E-state index >= 15 is 0 Å². The molecule has 0 spiro atoms. The number of rotatable bonds is 6. The first-order chi connectivity index (χ1) is 11.6. The Morgan fingerprint density at radius 1 is 1.17 bits per heavy atom. The highest BCUT2D eigenvalue weighted by atomic mass is 32.1. The summed E-state index contributed by atoms with van der Waals surface area (Å²) in [5.74, 6) is 0.573. The van der Waals surface area contributed by atoms with Crippen LogP contribution in [0, 0.1) is 0 Å².